The van der Waals surface area contributed by atoms with Crippen LogP contribution >= 0.6 is 11.3 Å². The first kappa shape index (κ1) is 22.9. The average Bonchev–Trinajstić information content (AvgIpc) is 3.14. The molecule has 1 aliphatic heterocycles. The largest absolute Gasteiger partial charge is 0.494 e. The number of nitrogens with one attached hydrogen (secondary N) is 2. The lowest BCUT2D eigenvalue weighted by atomic mass is 9.89. The van der Waals surface area contributed by atoms with Gasteiger partial charge in [0.05, 0.1) is 29.8 Å². The van der Waals surface area contributed by atoms with Crippen LogP contribution in [0, 0.1) is 10.1 Å². The number of rotatable bonds is 4. The van der Waals surface area contributed by atoms with Gasteiger partial charge in [-0.05, 0) is 42.9 Å². The molecular formula is C25H24N4O5S. The number of aryl methyl sites for hydroxylation is 1. The van der Waals surface area contributed by atoms with Crippen molar-refractivity contribution in [2.24, 2.45) is 0 Å². The van der Waals surface area contributed by atoms with Crippen LogP contribution in [0.15, 0.2) is 48.5 Å². The van der Waals surface area contributed by atoms with Gasteiger partial charge in [0.25, 0.3) is 5.69 Å². The lowest BCUT2D eigenvalue weighted by molar-refractivity contribution is -0.384. The molecule has 0 fully saturated rings. The molecule has 2 aromatic carbocycles. The van der Waals surface area contributed by atoms with Crippen molar-refractivity contribution >= 4 is 39.7 Å². The zero-order valence-corrected chi connectivity index (χ0v) is 19.9. The first-order chi connectivity index (χ1) is 17.0. The van der Waals surface area contributed by atoms with E-state index in [4.69, 9.17) is 4.74 Å². The van der Waals surface area contributed by atoms with E-state index in [0.717, 1.165) is 41.8 Å². The zero-order chi connectivity index (χ0) is 24.5. The number of nitro benzene ring substituents is 1. The van der Waals surface area contributed by atoms with E-state index in [0.29, 0.717) is 0 Å². The molecule has 0 saturated heterocycles. The molecule has 0 saturated carbocycles. The normalized spacial score (nSPS) is 17.0. The second-order valence-corrected chi connectivity index (χ2v) is 9.62. The summed E-state index contributed by atoms with van der Waals surface area (Å²) in [6.45, 7) is -0.142. The van der Waals surface area contributed by atoms with Crippen LogP contribution in [0.3, 0.4) is 0 Å². The number of hydrogen-bond donors (Lipinski definition) is 2. The second-order valence-electron chi connectivity index (χ2n) is 8.51. The van der Waals surface area contributed by atoms with E-state index in [-0.39, 0.29) is 29.6 Å². The van der Waals surface area contributed by atoms with Gasteiger partial charge in [-0.15, -0.1) is 11.3 Å². The summed E-state index contributed by atoms with van der Waals surface area (Å²) in [4.78, 5) is 40.0. The van der Waals surface area contributed by atoms with Gasteiger partial charge in [0.15, 0.2) is 0 Å². The molecule has 1 aliphatic carbocycles. The standard InChI is InChI=1S/C25H24N4O5S/c1-34-19-13-16(29(32)33)11-12-18(19)26-25(31)28-14-21(30)27-24-22(17-9-5-6-10-20(17)35-24)23(28)15-7-3-2-4-8-15/h2-4,7-8,11-13,23H,5-6,9-10,14H2,1H3,(H,26,31)(H,27,30)/t23-/m0/s1. The van der Waals surface area contributed by atoms with Crippen LogP contribution in [-0.4, -0.2) is 35.4 Å². The highest BCUT2D eigenvalue weighted by atomic mass is 32.1. The number of benzene rings is 2. The van der Waals surface area contributed by atoms with E-state index >= 15 is 0 Å². The Kier molecular flexibility index (Phi) is 6.12. The number of carbonyl (C=O) groups is 2. The minimum Gasteiger partial charge on any atom is -0.494 e. The summed E-state index contributed by atoms with van der Waals surface area (Å²) in [6.07, 6.45) is 4.06. The summed E-state index contributed by atoms with van der Waals surface area (Å²) >= 11 is 1.61. The number of carbonyl (C=O) groups excluding carboxylic acids is 2. The zero-order valence-electron chi connectivity index (χ0n) is 19.1. The van der Waals surface area contributed by atoms with Crippen LogP contribution < -0.4 is 15.4 Å². The van der Waals surface area contributed by atoms with Crippen molar-refractivity contribution in [3.05, 3.63) is 80.2 Å². The Morgan fingerprint density at radius 2 is 1.97 bits per heavy atom. The number of fused-ring (bicyclic) bond motifs is 3. The number of non-ortho nitro benzene ring substituents is 1. The molecule has 1 atom stereocenters. The molecule has 1 aromatic heterocycles. The Balaban J connectivity index is 1.58. The Hall–Kier alpha value is -3.92. The smallest absolute Gasteiger partial charge is 0.323 e. The lowest BCUT2D eigenvalue weighted by Gasteiger charge is -2.31. The molecule has 35 heavy (non-hydrogen) atoms. The van der Waals surface area contributed by atoms with Crippen LogP contribution in [0.2, 0.25) is 0 Å². The van der Waals surface area contributed by atoms with Crippen molar-refractivity contribution in [2.45, 2.75) is 31.7 Å². The third kappa shape index (κ3) is 4.32. The maximum atomic E-state index is 13.7. The van der Waals surface area contributed by atoms with Crippen LogP contribution in [0.5, 0.6) is 5.75 Å². The summed E-state index contributed by atoms with van der Waals surface area (Å²) in [6, 6.07) is 12.7. The minimum atomic E-state index is -0.528. The third-order valence-electron chi connectivity index (χ3n) is 6.38. The van der Waals surface area contributed by atoms with Crippen LogP contribution in [0.25, 0.3) is 0 Å². The lowest BCUT2D eigenvalue weighted by Crippen LogP contribution is -2.41. The van der Waals surface area contributed by atoms with E-state index in [9.17, 15) is 19.7 Å². The Morgan fingerprint density at radius 1 is 1.20 bits per heavy atom. The summed E-state index contributed by atoms with van der Waals surface area (Å²) < 4.78 is 5.28. The number of hydrogen-bond acceptors (Lipinski definition) is 6. The first-order valence-corrected chi connectivity index (χ1v) is 12.2. The molecule has 10 heteroatoms. The van der Waals surface area contributed by atoms with E-state index in [1.807, 2.05) is 30.3 Å². The van der Waals surface area contributed by atoms with Crippen LogP contribution in [0.4, 0.5) is 21.2 Å². The van der Waals surface area contributed by atoms with Gasteiger partial charge in [0.2, 0.25) is 5.91 Å². The average molecular weight is 493 g/mol. The number of urea groups is 1. The van der Waals surface area contributed by atoms with Gasteiger partial charge in [-0.1, -0.05) is 30.3 Å². The molecule has 2 aliphatic rings. The molecule has 3 amide bonds. The van der Waals surface area contributed by atoms with Gasteiger partial charge in [-0.25, -0.2) is 4.79 Å². The SMILES string of the molecule is COc1cc([N+](=O)[O-])ccc1NC(=O)N1CC(=O)Nc2sc3c(c2[C@@H]1c1ccccc1)CCCC3. The number of nitro groups is 1. The van der Waals surface area contributed by atoms with Gasteiger partial charge >= 0.3 is 6.03 Å². The van der Waals surface area contributed by atoms with Gasteiger partial charge in [0, 0.05) is 16.5 Å². The number of amides is 3. The minimum absolute atomic E-state index is 0.142. The topological polar surface area (TPSA) is 114 Å². The number of thiophene rings is 1. The summed E-state index contributed by atoms with van der Waals surface area (Å²) in [5.41, 5.74) is 3.24. The second kappa shape index (κ2) is 9.38. The highest BCUT2D eigenvalue weighted by Crippen LogP contribution is 2.46. The van der Waals surface area contributed by atoms with Crippen LogP contribution in [0.1, 0.15) is 40.5 Å². The van der Waals surface area contributed by atoms with Crippen molar-refractivity contribution in [1.82, 2.24) is 4.90 Å². The molecule has 3 aromatic rings. The van der Waals surface area contributed by atoms with Crippen LogP contribution in [-0.2, 0) is 17.6 Å². The molecule has 5 rings (SSSR count). The maximum Gasteiger partial charge on any atom is 0.323 e. The van der Waals surface area contributed by atoms with Crippen molar-refractivity contribution in [1.29, 1.82) is 0 Å². The Bertz CT molecular complexity index is 1310. The summed E-state index contributed by atoms with van der Waals surface area (Å²) in [5, 5.41) is 17.8. The predicted octanol–water partition coefficient (Wildman–Crippen LogP) is 5.12. The molecule has 9 nitrogen and oxygen atoms in total. The van der Waals surface area contributed by atoms with Gasteiger partial charge in [0.1, 0.15) is 17.3 Å². The maximum absolute atomic E-state index is 13.7. The number of ether oxygens (including phenoxy) is 1. The van der Waals surface area contributed by atoms with E-state index < -0.39 is 17.0 Å². The monoisotopic (exact) mass is 492 g/mol. The van der Waals surface area contributed by atoms with Gasteiger partial charge in [-0.2, -0.15) is 0 Å². The molecule has 2 heterocycles. The van der Waals surface area contributed by atoms with Crippen molar-refractivity contribution in [3.8, 4) is 5.75 Å². The number of anilines is 2. The summed E-state index contributed by atoms with van der Waals surface area (Å²) in [5.74, 6) is -0.106. The molecule has 0 bridgehead atoms. The highest BCUT2D eigenvalue weighted by Gasteiger charge is 2.38. The molecule has 2 N–H and O–H groups in total. The first-order valence-electron chi connectivity index (χ1n) is 11.4. The molecule has 180 valence electrons. The fraction of sp³-hybridized carbons (Fsp3) is 0.280. The number of nitrogens with zero attached hydrogens (tertiary/aromatic N) is 2. The van der Waals surface area contributed by atoms with Crippen molar-refractivity contribution < 1.29 is 19.2 Å². The molecule has 0 radical (unpaired) electrons. The molecular weight excluding hydrogens is 468 g/mol. The van der Waals surface area contributed by atoms with E-state index in [2.05, 4.69) is 10.6 Å². The Morgan fingerprint density at radius 3 is 2.71 bits per heavy atom. The van der Waals surface area contributed by atoms with E-state index in [1.54, 1.807) is 11.3 Å². The molecule has 0 spiro atoms. The highest BCUT2D eigenvalue weighted by molar-refractivity contribution is 7.16. The third-order valence-corrected chi connectivity index (χ3v) is 7.60. The number of methoxy groups -OCH3 is 1. The fourth-order valence-corrected chi connectivity index (χ4v) is 6.13. The van der Waals surface area contributed by atoms with Gasteiger partial charge < -0.3 is 20.3 Å². The van der Waals surface area contributed by atoms with Gasteiger partial charge in [-0.3, -0.25) is 14.9 Å². The Labute approximate surface area is 205 Å². The predicted molar refractivity (Wildman–Crippen MR) is 133 cm³/mol. The molecule has 0 unspecified atom stereocenters. The fourth-order valence-electron chi connectivity index (χ4n) is 4.80. The van der Waals surface area contributed by atoms with Crippen molar-refractivity contribution in [2.75, 3.05) is 24.3 Å². The van der Waals surface area contributed by atoms with Crippen molar-refractivity contribution in [3.63, 3.8) is 0 Å². The van der Waals surface area contributed by atoms with E-state index in [1.165, 1.54) is 40.6 Å². The quantitative estimate of drug-likeness (QED) is 0.388. The summed E-state index contributed by atoms with van der Waals surface area (Å²) in [7, 11) is 1.38.